The lowest BCUT2D eigenvalue weighted by molar-refractivity contribution is 0.101. The van der Waals surface area contributed by atoms with Crippen LogP contribution >= 0.6 is 0 Å². The number of ketones is 1. The maximum absolute atomic E-state index is 14.2. The number of ether oxygens (including phenoxy) is 1. The van der Waals surface area contributed by atoms with E-state index in [0.29, 0.717) is 5.56 Å². The second kappa shape index (κ2) is 9.73. The summed E-state index contributed by atoms with van der Waals surface area (Å²) in [5, 5.41) is 8.40. The van der Waals surface area contributed by atoms with E-state index in [4.69, 9.17) is 10.1 Å². The first-order valence-electron chi connectivity index (χ1n) is 10.6. The molecule has 0 amide bonds. The van der Waals surface area contributed by atoms with Crippen LogP contribution in [0.25, 0.3) is 16.7 Å². The van der Waals surface area contributed by atoms with Gasteiger partial charge in [-0.05, 0) is 81.2 Å². The van der Waals surface area contributed by atoms with Gasteiger partial charge in [0.05, 0.1) is 17.4 Å². The summed E-state index contributed by atoms with van der Waals surface area (Å²) in [7, 11) is 0. The lowest BCUT2D eigenvalue weighted by Crippen LogP contribution is -2.07. The Bertz CT molecular complexity index is 1210. The highest BCUT2D eigenvalue weighted by atomic mass is 19.1. The molecular weight excluding hydrogens is 401 g/mol. The van der Waals surface area contributed by atoms with Crippen molar-refractivity contribution < 1.29 is 13.9 Å². The zero-order chi connectivity index (χ0) is 23.4. The van der Waals surface area contributed by atoms with E-state index in [1.165, 1.54) is 24.6 Å². The van der Waals surface area contributed by atoms with Crippen molar-refractivity contribution in [3.05, 3.63) is 94.8 Å². The van der Waals surface area contributed by atoms with Gasteiger partial charge in [-0.25, -0.2) is 4.39 Å². The molecule has 0 unspecified atom stereocenters. The van der Waals surface area contributed by atoms with E-state index in [2.05, 4.69) is 19.1 Å². The third kappa shape index (κ3) is 5.20. The molecule has 3 nitrogen and oxygen atoms in total. The predicted molar refractivity (Wildman–Crippen MR) is 129 cm³/mol. The molecule has 0 saturated carbocycles. The fourth-order valence-corrected chi connectivity index (χ4v) is 3.57. The molecule has 0 spiro atoms. The van der Waals surface area contributed by atoms with Gasteiger partial charge in [-0.3, -0.25) is 4.79 Å². The van der Waals surface area contributed by atoms with Crippen LogP contribution in [-0.4, -0.2) is 17.6 Å². The number of hydrogen-bond acceptors (Lipinski definition) is 3. The molecule has 164 valence electrons. The van der Waals surface area contributed by atoms with Crippen molar-refractivity contribution in [2.45, 2.75) is 40.7 Å². The first-order chi connectivity index (χ1) is 15.2. The second-order valence-electron chi connectivity index (χ2n) is 8.18. The molecule has 0 saturated heterocycles. The summed E-state index contributed by atoms with van der Waals surface area (Å²) in [4.78, 5) is 11.5. The summed E-state index contributed by atoms with van der Waals surface area (Å²) < 4.78 is 20.3. The van der Waals surface area contributed by atoms with Crippen LogP contribution in [0.15, 0.2) is 66.7 Å². The minimum atomic E-state index is -0.610. The average molecular weight is 430 g/mol. The van der Waals surface area contributed by atoms with E-state index in [1.807, 2.05) is 51.1 Å². The van der Waals surface area contributed by atoms with Gasteiger partial charge in [-0.1, -0.05) is 42.5 Å². The number of benzene rings is 3. The Kier molecular flexibility index (Phi) is 7.04. The van der Waals surface area contributed by atoms with Gasteiger partial charge in [-0.2, -0.15) is 0 Å². The largest absolute Gasteiger partial charge is 0.490 e. The first kappa shape index (κ1) is 23.1. The van der Waals surface area contributed by atoms with E-state index in [-0.39, 0.29) is 23.2 Å². The monoisotopic (exact) mass is 429 g/mol. The Labute approximate surface area is 189 Å². The Morgan fingerprint density at radius 2 is 1.66 bits per heavy atom. The van der Waals surface area contributed by atoms with E-state index in [9.17, 15) is 9.18 Å². The molecular formula is C28H28FNO2. The van der Waals surface area contributed by atoms with E-state index in [0.717, 1.165) is 28.0 Å². The molecule has 3 rings (SSSR count). The SMILES string of the molecule is CC(=O)c1ccc(C(=N)/C=C(\C)c2ccc(-c3ccccc3C)c(OC(C)C)c2)cc1F. The van der Waals surface area contributed by atoms with Gasteiger partial charge in [0.2, 0.25) is 0 Å². The van der Waals surface area contributed by atoms with E-state index < -0.39 is 5.82 Å². The highest BCUT2D eigenvalue weighted by molar-refractivity contribution is 6.10. The van der Waals surface area contributed by atoms with Crippen molar-refractivity contribution >= 4 is 17.1 Å². The van der Waals surface area contributed by atoms with Gasteiger partial charge in [0.1, 0.15) is 11.6 Å². The van der Waals surface area contributed by atoms with Crippen LogP contribution in [0.1, 0.15) is 54.7 Å². The molecule has 1 N–H and O–H groups in total. The standard InChI is InChI=1S/C28H28FNO2/c1-17(2)32-28-16-21(10-13-25(28)23-9-7-6-8-18(23)3)19(4)14-27(30)22-11-12-24(20(5)31)26(29)15-22/h6-17,30H,1-5H3/b19-14+,30-27?. The normalized spacial score (nSPS) is 11.5. The molecule has 0 atom stereocenters. The number of halogens is 1. The topological polar surface area (TPSA) is 50.2 Å². The van der Waals surface area contributed by atoms with Crippen molar-refractivity contribution in [2.75, 3.05) is 0 Å². The number of hydrogen-bond donors (Lipinski definition) is 1. The quantitative estimate of drug-likeness (QED) is 0.317. The number of rotatable bonds is 7. The van der Waals surface area contributed by atoms with Crippen LogP contribution in [0.3, 0.4) is 0 Å². The van der Waals surface area contributed by atoms with Crippen LogP contribution in [0, 0.1) is 18.2 Å². The van der Waals surface area contributed by atoms with Crippen molar-refractivity contribution in [3.63, 3.8) is 0 Å². The molecule has 0 aromatic heterocycles. The number of Topliss-reactive ketones (excluding diaryl/α,β-unsaturated/α-hetero) is 1. The highest BCUT2D eigenvalue weighted by Crippen LogP contribution is 2.35. The molecule has 0 aliphatic carbocycles. The number of nitrogens with one attached hydrogen (secondary N) is 1. The zero-order valence-corrected chi connectivity index (χ0v) is 19.1. The fraction of sp³-hybridized carbons (Fsp3) is 0.214. The van der Waals surface area contributed by atoms with Crippen LogP contribution in [0.5, 0.6) is 5.75 Å². The summed E-state index contributed by atoms with van der Waals surface area (Å²) in [6.07, 6.45) is 1.71. The van der Waals surface area contributed by atoms with Gasteiger partial charge in [0.25, 0.3) is 0 Å². The number of carbonyl (C=O) groups is 1. The lowest BCUT2D eigenvalue weighted by atomic mass is 9.95. The Balaban J connectivity index is 1.97. The van der Waals surface area contributed by atoms with Crippen molar-refractivity contribution in [2.24, 2.45) is 0 Å². The third-order valence-corrected chi connectivity index (χ3v) is 5.26. The predicted octanol–water partition coefficient (Wildman–Crippen LogP) is 7.26. The van der Waals surface area contributed by atoms with Crippen molar-refractivity contribution in [3.8, 4) is 16.9 Å². The Morgan fingerprint density at radius 3 is 2.28 bits per heavy atom. The fourth-order valence-electron chi connectivity index (χ4n) is 3.57. The van der Waals surface area contributed by atoms with Crippen LogP contribution in [-0.2, 0) is 0 Å². The number of allylic oxidation sites excluding steroid dienone is 2. The molecule has 0 aliphatic rings. The molecule has 0 aliphatic heterocycles. The van der Waals surface area contributed by atoms with Gasteiger partial charge in [0, 0.05) is 11.1 Å². The smallest absolute Gasteiger partial charge is 0.162 e. The number of aryl methyl sites for hydroxylation is 1. The zero-order valence-electron chi connectivity index (χ0n) is 19.1. The molecule has 3 aromatic carbocycles. The molecule has 4 heteroatoms. The molecule has 32 heavy (non-hydrogen) atoms. The van der Waals surface area contributed by atoms with Gasteiger partial charge in [-0.15, -0.1) is 0 Å². The van der Waals surface area contributed by atoms with Gasteiger partial charge in [0.15, 0.2) is 5.78 Å². The van der Waals surface area contributed by atoms with Crippen molar-refractivity contribution in [1.29, 1.82) is 5.41 Å². The lowest BCUT2D eigenvalue weighted by Gasteiger charge is -2.17. The molecule has 0 radical (unpaired) electrons. The van der Waals surface area contributed by atoms with Crippen LogP contribution in [0.2, 0.25) is 0 Å². The van der Waals surface area contributed by atoms with Crippen molar-refractivity contribution in [1.82, 2.24) is 0 Å². The maximum Gasteiger partial charge on any atom is 0.162 e. The van der Waals surface area contributed by atoms with Gasteiger partial charge >= 0.3 is 0 Å². The summed E-state index contributed by atoms with van der Waals surface area (Å²) in [6.45, 7) is 9.30. The second-order valence-corrected chi connectivity index (χ2v) is 8.18. The Morgan fingerprint density at radius 1 is 0.969 bits per heavy atom. The summed E-state index contributed by atoms with van der Waals surface area (Å²) in [6, 6.07) is 18.5. The molecule has 0 heterocycles. The van der Waals surface area contributed by atoms with Crippen LogP contribution in [0.4, 0.5) is 4.39 Å². The highest BCUT2D eigenvalue weighted by Gasteiger charge is 2.13. The minimum absolute atomic E-state index is 0.0124. The van der Waals surface area contributed by atoms with Gasteiger partial charge < -0.3 is 10.1 Å². The summed E-state index contributed by atoms with van der Waals surface area (Å²) in [5.74, 6) is -0.164. The number of carbonyl (C=O) groups excluding carboxylic acids is 1. The van der Waals surface area contributed by atoms with E-state index >= 15 is 0 Å². The third-order valence-electron chi connectivity index (χ3n) is 5.26. The molecule has 3 aromatic rings. The van der Waals surface area contributed by atoms with E-state index in [1.54, 1.807) is 12.1 Å². The molecule has 0 bridgehead atoms. The summed E-state index contributed by atoms with van der Waals surface area (Å²) in [5.41, 5.74) is 5.70. The average Bonchev–Trinajstić information content (AvgIpc) is 2.73. The van der Waals surface area contributed by atoms with Crippen LogP contribution < -0.4 is 4.74 Å². The Hall–Kier alpha value is -3.53. The maximum atomic E-state index is 14.2. The minimum Gasteiger partial charge on any atom is -0.490 e. The molecule has 0 fully saturated rings. The summed E-state index contributed by atoms with van der Waals surface area (Å²) >= 11 is 0. The first-order valence-corrected chi connectivity index (χ1v) is 10.6.